The van der Waals surface area contributed by atoms with Crippen LogP contribution >= 0.6 is 0 Å². The molecule has 1 aliphatic carbocycles. The summed E-state index contributed by atoms with van der Waals surface area (Å²) in [5, 5.41) is 0. The Balaban J connectivity index is 2.04. The van der Waals surface area contributed by atoms with E-state index in [2.05, 4.69) is 13.5 Å². The molecule has 0 N–H and O–H groups in total. The van der Waals surface area contributed by atoms with Gasteiger partial charge in [0.15, 0.2) is 0 Å². The third kappa shape index (κ3) is 3.85. The van der Waals surface area contributed by atoms with Crippen molar-refractivity contribution in [1.82, 2.24) is 4.90 Å². The van der Waals surface area contributed by atoms with Gasteiger partial charge in [0.25, 0.3) is 0 Å². The van der Waals surface area contributed by atoms with Crippen molar-refractivity contribution in [2.24, 2.45) is 5.92 Å². The monoisotopic (exact) mass is 259 g/mol. The first-order chi connectivity index (χ1) is 9.22. The van der Waals surface area contributed by atoms with Gasteiger partial charge < -0.3 is 9.64 Å². The number of nitrogens with zero attached hydrogens (tertiary/aromatic N) is 1. The minimum absolute atomic E-state index is 0.234. The summed E-state index contributed by atoms with van der Waals surface area (Å²) >= 11 is 0. The Kier molecular flexibility index (Phi) is 4.61. The molecule has 3 heteroatoms. The number of carbonyl (C=O) groups excluding carboxylic acids is 1. The lowest BCUT2D eigenvalue weighted by Gasteiger charge is -2.28. The lowest BCUT2D eigenvalue weighted by molar-refractivity contribution is 0.0898. The standard InChI is InChI=1S/C16H21NO2/c1-3-11-19-16(18)17(13(2)15-9-10-15)12-14-7-5-4-6-8-14/h3-8,13,15H,1,9-12H2,2H3. The molecule has 1 unspecified atom stereocenters. The van der Waals surface area contributed by atoms with E-state index in [4.69, 9.17) is 4.74 Å². The van der Waals surface area contributed by atoms with Gasteiger partial charge in [0.2, 0.25) is 0 Å². The Morgan fingerprint density at radius 1 is 1.47 bits per heavy atom. The first-order valence-electron chi connectivity index (χ1n) is 6.80. The van der Waals surface area contributed by atoms with E-state index in [1.54, 1.807) is 6.08 Å². The second kappa shape index (κ2) is 6.41. The van der Waals surface area contributed by atoms with Crippen LogP contribution in [0.5, 0.6) is 0 Å². The first-order valence-corrected chi connectivity index (χ1v) is 6.80. The van der Waals surface area contributed by atoms with Crippen molar-refractivity contribution < 1.29 is 9.53 Å². The molecule has 3 nitrogen and oxygen atoms in total. The number of amides is 1. The van der Waals surface area contributed by atoms with Crippen molar-refractivity contribution in [3.05, 3.63) is 48.6 Å². The van der Waals surface area contributed by atoms with Crippen LogP contribution in [0.15, 0.2) is 43.0 Å². The molecule has 0 saturated heterocycles. The van der Waals surface area contributed by atoms with E-state index in [-0.39, 0.29) is 18.7 Å². The fraction of sp³-hybridized carbons (Fsp3) is 0.438. The summed E-state index contributed by atoms with van der Waals surface area (Å²) in [6, 6.07) is 10.3. The quantitative estimate of drug-likeness (QED) is 0.730. The molecule has 0 spiro atoms. The summed E-state index contributed by atoms with van der Waals surface area (Å²) < 4.78 is 5.19. The van der Waals surface area contributed by atoms with Crippen molar-refractivity contribution in [3.63, 3.8) is 0 Å². The molecule has 19 heavy (non-hydrogen) atoms. The van der Waals surface area contributed by atoms with Crippen molar-refractivity contribution in [3.8, 4) is 0 Å². The van der Waals surface area contributed by atoms with Gasteiger partial charge >= 0.3 is 6.09 Å². The van der Waals surface area contributed by atoms with Gasteiger partial charge in [-0.05, 0) is 31.2 Å². The van der Waals surface area contributed by atoms with Gasteiger partial charge in [-0.15, -0.1) is 0 Å². The normalized spacial score (nSPS) is 15.6. The summed E-state index contributed by atoms with van der Waals surface area (Å²) in [5.74, 6) is 0.625. The zero-order valence-electron chi connectivity index (χ0n) is 11.4. The van der Waals surface area contributed by atoms with Crippen LogP contribution in [0.3, 0.4) is 0 Å². The SMILES string of the molecule is C=CCOC(=O)N(Cc1ccccc1)C(C)C1CC1. The Bertz CT molecular complexity index is 426. The van der Waals surface area contributed by atoms with Gasteiger partial charge in [-0.25, -0.2) is 4.79 Å². The second-order valence-electron chi connectivity index (χ2n) is 5.06. The maximum atomic E-state index is 12.1. The maximum absolute atomic E-state index is 12.1. The largest absolute Gasteiger partial charge is 0.445 e. The van der Waals surface area contributed by atoms with Crippen LogP contribution in [-0.2, 0) is 11.3 Å². The Labute approximate surface area is 114 Å². The predicted octanol–water partition coefficient (Wildman–Crippen LogP) is 3.61. The number of rotatable bonds is 6. The highest BCUT2D eigenvalue weighted by Crippen LogP contribution is 2.35. The molecule has 1 amide bonds. The summed E-state index contributed by atoms with van der Waals surface area (Å²) in [4.78, 5) is 14.0. The van der Waals surface area contributed by atoms with E-state index in [1.807, 2.05) is 35.2 Å². The lowest BCUT2D eigenvalue weighted by atomic mass is 10.1. The number of carbonyl (C=O) groups is 1. The lowest BCUT2D eigenvalue weighted by Crippen LogP contribution is -2.39. The molecule has 1 aromatic rings. The average Bonchev–Trinajstić information content (AvgIpc) is 3.27. The van der Waals surface area contributed by atoms with E-state index in [1.165, 1.54) is 12.8 Å². The molecule has 0 bridgehead atoms. The van der Waals surface area contributed by atoms with Crippen LogP contribution in [0.1, 0.15) is 25.3 Å². The third-order valence-corrected chi connectivity index (χ3v) is 3.55. The molecule has 0 aliphatic heterocycles. The summed E-state index contributed by atoms with van der Waals surface area (Å²) in [7, 11) is 0. The van der Waals surface area contributed by atoms with Crippen molar-refractivity contribution >= 4 is 6.09 Å². The van der Waals surface area contributed by atoms with Crippen molar-refractivity contribution in [2.75, 3.05) is 6.61 Å². The number of benzene rings is 1. The molecule has 0 aromatic heterocycles. The molecule has 102 valence electrons. The Morgan fingerprint density at radius 2 is 2.16 bits per heavy atom. The van der Waals surface area contributed by atoms with Gasteiger partial charge in [-0.2, -0.15) is 0 Å². The molecule has 1 saturated carbocycles. The predicted molar refractivity (Wildman–Crippen MR) is 75.7 cm³/mol. The number of hydrogen-bond donors (Lipinski definition) is 0. The highest BCUT2D eigenvalue weighted by Gasteiger charge is 2.34. The summed E-state index contributed by atoms with van der Waals surface area (Å²) in [6.45, 7) is 6.55. The first kappa shape index (κ1) is 13.7. The summed E-state index contributed by atoms with van der Waals surface area (Å²) in [6.07, 6.45) is 3.77. The van der Waals surface area contributed by atoms with Gasteiger partial charge in [0, 0.05) is 12.6 Å². The molecule has 0 radical (unpaired) electrons. The molecular formula is C16H21NO2. The van der Waals surface area contributed by atoms with Crippen LogP contribution in [0.2, 0.25) is 0 Å². The highest BCUT2D eigenvalue weighted by molar-refractivity contribution is 5.68. The fourth-order valence-corrected chi connectivity index (χ4v) is 2.20. The van der Waals surface area contributed by atoms with Crippen LogP contribution in [0, 0.1) is 5.92 Å². The van der Waals surface area contributed by atoms with Gasteiger partial charge in [0.1, 0.15) is 6.61 Å². The van der Waals surface area contributed by atoms with E-state index >= 15 is 0 Å². The fourth-order valence-electron chi connectivity index (χ4n) is 2.20. The molecule has 1 atom stereocenters. The number of ether oxygens (including phenoxy) is 1. The van der Waals surface area contributed by atoms with E-state index < -0.39 is 0 Å². The Hall–Kier alpha value is -1.77. The van der Waals surface area contributed by atoms with E-state index in [0.29, 0.717) is 12.5 Å². The van der Waals surface area contributed by atoms with Crippen molar-refractivity contribution in [1.29, 1.82) is 0 Å². The molecule has 2 rings (SSSR count). The van der Waals surface area contributed by atoms with E-state index in [9.17, 15) is 4.79 Å². The topological polar surface area (TPSA) is 29.5 Å². The molecule has 1 aromatic carbocycles. The molecule has 1 aliphatic rings. The van der Waals surface area contributed by atoms with Crippen LogP contribution in [0.25, 0.3) is 0 Å². The average molecular weight is 259 g/mol. The number of hydrogen-bond acceptors (Lipinski definition) is 2. The third-order valence-electron chi connectivity index (χ3n) is 3.55. The van der Waals surface area contributed by atoms with Crippen LogP contribution < -0.4 is 0 Å². The molecule has 1 fully saturated rings. The van der Waals surface area contributed by atoms with Crippen LogP contribution in [-0.4, -0.2) is 23.6 Å². The summed E-state index contributed by atoms with van der Waals surface area (Å²) in [5.41, 5.74) is 1.13. The maximum Gasteiger partial charge on any atom is 0.410 e. The second-order valence-corrected chi connectivity index (χ2v) is 5.06. The minimum Gasteiger partial charge on any atom is -0.445 e. The highest BCUT2D eigenvalue weighted by atomic mass is 16.6. The zero-order valence-corrected chi connectivity index (χ0v) is 11.4. The van der Waals surface area contributed by atoms with Gasteiger partial charge in [-0.3, -0.25) is 0 Å². The van der Waals surface area contributed by atoms with Gasteiger partial charge in [0.05, 0.1) is 0 Å². The van der Waals surface area contributed by atoms with E-state index in [0.717, 1.165) is 5.56 Å². The molecule has 0 heterocycles. The molecular weight excluding hydrogens is 238 g/mol. The van der Waals surface area contributed by atoms with Crippen LogP contribution in [0.4, 0.5) is 4.79 Å². The van der Waals surface area contributed by atoms with Gasteiger partial charge in [-0.1, -0.05) is 43.0 Å². The van der Waals surface area contributed by atoms with Crippen molar-refractivity contribution in [2.45, 2.75) is 32.4 Å². The zero-order chi connectivity index (χ0) is 13.7. The minimum atomic E-state index is -0.247. The smallest absolute Gasteiger partial charge is 0.410 e. The Morgan fingerprint density at radius 3 is 2.74 bits per heavy atom.